The summed E-state index contributed by atoms with van der Waals surface area (Å²) in [6, 6.07) is 9.79. The Kier molecular flexibility index (Phi) is 5.59. The van der Waals surface area contributed by atoms with Gasteiger partial charge in [0.25, 0.3) is 0 Å². The van der Waals surface area contributed by atoms with Gasteiger partial charge in [0, 0.05) is 0 Å². The molecule has 0 N–H and O–H groups in total. The van der Waals surface area contributed by atoms with Crippen LogP contribution < -0.4 is 0 Å². The van der Waals surface area contributed by atoms with Crippen molar-refractivity contribution in [2.45, 2.75) is 90.9 Å². The fraction of sp³-hybridized carbons (Fsp3) is 0.786. The molecule has 4 saturated carbocycles. The average Bonchev–Trinajstić information content (AvgIpc) is 3.23. The van der Waals surface area contributed by atoms with Crippen LogP contribution in [0.25, 0.3) is 0 Å². The minimum atomic E-state index is 0.964. The third kappa shape index (κ3) is 4.22. The van der Waals surface area contributed by atoms with Gasteiger partial charge in [-0.15, -0.1) is 0 Å². The maximum Gasteiger partial charge on any atom is -0.0250 e. The van der Waals surface area contributed by atoms with Gasteiger partial charge in [-0.2, -0.15) is 0 Å². The molecule has 4 fully saturated rings. The normalized spacial score (nSPS) is 42.9. The first-order chi connectivity index (χ1) is 13.6. The van der Waals surface area contributed by atoms with Crippen molar-refractivity contribution in [3.05, 3.63) is 35.4 Å². The molecule has 154 valence electrons. The molecule has 28 heavy (non-hydrogen) atoms. The smallest absolute Gasteiger partial charge is 0.0250 e. The summed E-state index contributed by atoms with van der Waals surface area (Å²) in [5.41, 5.74) is 3.27. The molecule has 0 bridgehead atoms. The minimum absolute atomic E-state index is 0.964. The van der Waals surface area contributed by atoms with E-state index in [9.17, 15) is 0 Å². The summed E-state index contributed by atoms with van der Waals surface area (Å²) in [5, 5.41) is 0. The highest BCUT2D eigenvalue weighted by atomic mass is 14.4. The third-order valence-corrected chi connectivity index (χ3v) is 9.39. The Bertz CT molecular complexity index is 607. The van der Waals surface area contributed by atoms with Crippen molar-refractivity contribution >= 4 is 0 Å². The molecule has 4 aliphatic carbocycles. The second-order valence-electron chi connectivity index (χ2n) is 11.8. The Labute approximate surface area is 173 Å². The quantitative estimate of drug-likeness (QED) is 0.503. The SMILES string of the molecule is CC1CCC2CC(Cc3cccc(CC4CC5CCC(C)CC5C4)c3)CC2C1. The molecule has 0 saturated heterocycles. The van der Waals surface area contributed by atoms with E-state index in [1.165, 1.54) is 77.0 Å². The molecule has 0 radical (unpaired) electrons. The highest BCUT2D eigenvalue weighted by molar-refractivity contribution is 5.25. The Balaban J connectivity index is 1.17. The van der Waals surface area contributed by atoms with Gasteiger partial charge in [0.05, 0.1) is 0 Å². The fourth-order valence-electron chi connectivity index (χ4n) is 8.11. The number of rotatable bonds is 4. The van der Waals surface area contributed by atoms with E-state index in [1.807, 2.05) is 0 Å². The van der Waals surface area contributed by atoms with Crippen LogP contribution in [0.1, 0.15) is 89.2 Å². The van der Waals surface area contributed by atoms with Crippen LogP contribution >= 0.6 is 0 Å². The van der Waals surface area contributed by atoms with E-state index in [4.69, 9.17) is 0 Å². The summed E-state index contributed by atoms with van der Waals surface area (Å²) in [7, 11) is 0. The monoisotopic (exact) mass is 378 g/mol. The van der Waals surface area contributed by atoms with Gasteiger partial charge in [-0.05, 0) is 123 Å². The summed E-state index contributed by atoms with van der Waals surface area (Å²) in [6.45, 7) is 4.96. The number of fused-ring (bicyclic) bond motifs is 2. The Morgan fingerprint density at radius 2 is 1.07 bits per heavy atom. The molecule has 8 atom stereocenters. The first-order valence-corrected chi connectivity index (χ1v) is 12.7. The Hall–Kier alpha value is -0.780. The fourth-order valence-corrected chi connectivity index (χ4v) is 8.11. The van der Waals surface area contributed by atoms with Gasteiger partial charge < -0.3 is 0 Å². The lowest BCUT2D eigenvalue weighted by molar-refractivity contribution is 0.220. The van der Waals surface area contributed by atoms with E-state index in [0.29, 0.717) is 0 Å². The first-order valence-electron chi connectivity index (χ1n) is 12.7. The van der Waals surface area contributed by atoms with E-state index in [-0.39, 0.29) is 0 Å². The van der Waals surface area contributed by atoms with E-state index >= 15 is 0 Å². The topological polar surface area (TPSA) is 0 Å². The van der Waals surface area contributed by atoms with Gasteiger partial charge in [0.2, 0.25) is 0 Å². The van der Waals surface area contributed by atoms with Crippen LogP contribution in [0.2, 0.25) is 0 Å². The molecule has 8 unspecified atom stereocenters. The predicted molar refractivity (Wildman–Crippen MR) is 119 cm³/mol. The van der Waals surface area contributed by atoms with Crippen molar-refractivity contribution in [2.75, 3.05) is 0 Å². The van der Waals surface area contributed by atoms with Crippen LogP contribution in [-0.2, 0) is 12.8 Å². The van der Waals surface area contributed by atoms with Crippen LogP contribution in [0.3, 0.4) is 0 Å². The van der Waals surface area contributed by atoms with Gasteiger partial charge in [0.1, 0.15) is 0 Å². The second kappa shape index (κ2) is 8.16. The molecular formula is C28H42. The van der Waals surface area contributed by atoms with Crippen molar-refractivity contribution in [1.82, 2.24) is 0 Å². The second-order valence-corrected chi connectivity index (χ2v) is 11.8. The van der Waals surface area contributed by atoms with Gasteiger partial charge >= 0.3 is 0 Å². The minimum Gasteiger partial charge on any atom is -0.0625 e. The maximum absolute atomic E-state index is 2.59. The molecule has 0 heteroatoms. The standard InChI is InChI=1S/C28H42/c1-19-6-8-25-15-23(17-27(25)10-19)13-21-4-3-5-22(12-21)14-24-16-26-9-7-20(2)11-28(26)18-24/h3-5,12,19-20,23-28H,6-11,13-18H2,1-2H3. The van der Waals surface area contributed by atoms with E-state index < -0.39 is 0 Å². The largest absolute Gasteiger partial charge is 0.0625 e. The van der Waals surface area contributed by atoms with Gasteiger partial charge in [-0.1, -0.05) is 51.0 Å². The highest BCUT2D eigenvalue weighted by Crippen LogP contribution is 2.49. The zero-order chi connectivity index (χ0) is 19.1. The lowest BCUT2D eigenvalue weighted by atomic mass is 9.77. The van der Waals surface area contributed by atoms with Gasteiger partial charge in [-0.25, -0.2) is 0 Å². The van der Waals surface area contributed by atoms with E-state index in [0.717, 1.165) is 47.3 Å². The van der Waals surface area contributed by atoms with Crippen LogP contribution in [-0.4, -0.2) is 0 Å². The van der Waals surface area contributed by atoms with Crippen LogP contribution in [0, 0.1) is 47.3 Å². The van der Waals surface area contributed by atoms with Crippen LogP contribution in [0.5, 0.6) is 0 Å². The molecular weight excluding hydrogens is 336 g/mol. The molecule has 0 heterocycles. The van der Waals surface area contributed by atoms with Crippen molar-refractivity contribution in [3.63, 3.8) is 0 Å². The number of hydrogen-bond acceptors (Lipinski definition) is 0. The third-order valence-electron chi connectivity index (χ3n) is 9.39. The van der Waals surface area contributed by atoms with Crippen molar-refractivity contribution in [3.8, 4) is 0 Å². The zero-order valence-corrected chi connectivity index (χ0v) is 18.4. The average molecular weight is 379 g/mol. The molecule has 0 nitrogen and oxygen atoms in total. The zero-order valence-electron chi connectivity index (χ0n) is 18.4. The Morgan fingerprint density at radius 1 is 0.607 bits per heavy atom. The molecule has 1 aromatic carbocycles. The summed E-state index contributed by atoms with van der Waals surface area (Å²) < 4.78 is 0. The molecule has 4 aliphatic rings. The van der Waals surface area contributed by atoms with Crippen molar-refractivity contribution in [1.29, 1.82) is 0 Å². The summed E-state index contributed by atoms with van der Waals surface area (Å²) in [6.07, 6.45) is 17.8. The van der Waals surface area contributed by atoms with Gasteiger partial charge in [-0.3, -0.25) is 0 Å². The molecule has 5 rings (SSSR count). The van der Waals surface area contributed by atoms with E-state index in [2.05, 4.69) is 38.1 Å². The van der Waals surface area contributed by atoms with Crippen LogP contribution in [0.15, 0.2) is 24.3 Å². The lowest BCUT2D eigenvalue weighted by Gasteiger charge is -2.29. The maximum atomic E-state index is 2.59. The molecule has 1 aromatic rings. The first kappa shape index (κ1) is 19.2. The summed E-state index contributed by atoms with van der Waals surface area (Å²) in [5.74, 6) is 8.14. The van der Waals surface area contributed by atoms with Gasteiger partial charge in [0.15, 0.2) is 0 Å². The molecule has 0 aliphatic heterocycles. The molecule has 0 amide bonds. The summed E-state index contributed by atoms with van der Waals surface area (Å²) >= 11 is 0. The lowest BCUT2D eigenvalue weighted by Crippen LogP contribution is -2.18. The van der Waals surface area contributed by atoms with Crippen molar-refractivity contribution in [2.24, 2.45) is 47.3 Å². The predicted octanol–water partition coefficient (Wildman–Crippen LogP) is 7.70. The Morgan fingerprint density at radius 3 is 1.57 bits per heavy atom. The summed E-state index contributed by atoms with van der Waals surface area (Å²) in [4.78, 5) is 0. The van der Waals surface area contributed by atoms with E-state index in [1.54, 1.807) is 11.1 Å². The highest BCUT2D eigenvalue weighted by Gasteiger charge is 2.38. The number of hydrogen-bond donors (Lipinski definition) is 0. The van der Waals surface area contributed by atoms with Crippen molar-refractivity contribution < 1.29 is 0 Å². The molecule has 0 aromatic heterocycles. The number of benzene rings is 1. The molecule has 0 spiro atoms. The van der Waals surface area contributed by atoms with Crippen LogP contribution in [0.4, 0.5) is 0 Å².